The number of aliphatic carboxylic acids is 1. The lowest BCUT2D eigenvalue weighted by molar-refractivity contribution is -0.138. The van der Waals surface area contributed by atoms with Gasteiger partial charge in [-0.05, 0) is 12.3 Å². The molecule has 0 aromatic heterocycles. The molecule has 0 aromatic carbocycles. The maximum absolute atomic E-state index is 10.7. The summed E-state index contributed by atoms with van der Waals surface area (Å²) < 4.78 is 10.3. The molecule has 0 heterocycles. The van der Waals surface area contributed by atoms with E-state index in [1.165, 1.54) is 0 Å². The van der Waals surface area contributed by atoms with Gasteiger partial charge in [0.15, 0.2) is 0 Å². The van der Waals surface area contributed by atoms with Crippen LogP contribution < -0.4 is 0 Å². The van der Waals surface area contributed by atoms with Crippen LogP contribution >= 0.6 is 0 Å². The molecule has 0 atom stereocenters. The van der Waals surface area contributed by atoms with Gasteiger partial charge in [0.1, 0.15) is 0 Å². The van der Waals surface area contributed by atoms with Crippen LogP contribution in [0.1, 0.15) is 20.3 Å². The maximum Gasteiger partial charge on any atom is 0.317 e. The Labute approximate surface area is 104 Å². The van der Waals surface area contributed by atoms with Crippen molar-refractivity contribution in [3.8, 4) is 0 Å². The van der Waals surface area contributed by atoms with Crippen LogP contribution in [0.15, 0.2) is 0 Å². The zero-order valence-electron chi connectivity index (χ0n) is 11.1. The second kappa shape index (κ2) is 10.5. The van der Waals surface area contributed by atoms with Crippen LogP contribution in [0.25, 0.3) is 0 Å². The number of hydrogen-bond acceptors (Lipinski definition) is 4. The number of carboxylic acid groups (broad SMARTS) is 1. The number of hydrogen-bond donors (Lipinski definition) is 1. The van der Waals surface area contributed by atoms with Gasteiger partial charge in [0.05, 0.1) is 13.2 Å². The lowest BCUT2D eigenvalue weighted by atomic mass is 10.2. The molecule has 17 heavy (non-hydrogen) atoms. The molecule has 0 saturated carbocycles. The zero-order chi connectivity index (χ0) is 13.1. The molecule has 5 heteroatoms. The molecule has 0 amide bonds. The van der Waals surface area contributed by atoms with Crippen molar-refractivity contribution >= 4 is 5.97 Å². The summed E-state index contributed by atoms with van der Waals surface area (Å²) >= 11 is 0. The van der Waals surface area contributed by atoms with E-state index in [1.807, 2.05) is 4.90 Å². The SMILES string of the molecule is COCCCOCCN(CC(=O)O)CC(C)C. The number of nitrogens with zero attached hydrogens (tertiary/aromatic N) is 1. The first-order valence-electron chi connectivity index (χ1n) is 6.07. The first kappa shape index (κ1) is 16.4. The van der Waals surface area contributed by atoms with Crippen molar-refractivity contribution in [2.24, 2.45) is 5.92 Å². The summed E-state index contributed by atoms with van der Waals surface area (Å²) in [5, 5.41) is 8.77. The second-order valence-corrected chi connectivity index (χ2v) is 4.48. The smallest absolute Gasteiger partial charge is 0.317 e. The molecule has 1 N–H and O–H groups in total. The molecule has 0 aromatic rings. The van der Waals surface area contributed by atoms with Gasteiger partial charge in [-0.2, -0.15) is 0 Å². The molecule has 0 fully saturated rings. The molecular formula is C12H25NO4. The molecule has 0 aliphatic rings. The van der Waals surface area contributed by atoms with Crippen molar-refractivity contribution < 1.29 is 19.4 Å². The van der Waals surface area contributed by atoms with E-state index in [0.717, 1.165) is 13.0 Å². The molecular weight excluding hydrogens is 222 g/mol. The maximum atomic E-state index is 10.7. The van der Waals surface area contributed by atoms with Crippen LogP contribution in [0, 0.1) is 5.92 Å². The van der Waals surface area contributed by atoms with E-state index in [-0.39, 0.29) is 6.54 Å². The zero-order valence-corrected chi connectivity index (χ0v) is 11.1. The fraction of sp³-hybridized carbons (Fsp3) is 0.917. The number of carboxylic acids is 1. The highest BCUT2D eigenvalue weighted by Crippen LogP contribution is 1.98. The molecule has 0 bridgehead atoms. The van der Waals surface area contributed by atoms with Gasteiger partial charge in [0.2, 0.25) is 0 Å². The second-order valence-electron chi connectivity index (χ2n) is 4.48. The number of carbonyl (C=O) groups is 1. The largest absolute Gasteiger partial charge is 0.480 e. The topological polar surface area (TPSA) is 59.0 Å². The standard InChI is InChI=1S/C12H25NO4/c1-11(2)9-13(10-12(14)15)5-8-17-7-4-6-16-3/h11H,4-10H2,1-3H3,(H,14,15). The predicted octanol–water partition coefficient (Wildman–Crippen LogP) is 1.08. The Morgan fingerprint density at radius 3 is 2.53 bits per heavy atom. The Kier molecular flexibility index (Phi) is 10.1. The Bertz CT molecular complexity index is 197. The van der Waals surface area contributed by atoms with Gasteiger partial charge in [-0.3, -0.25) is 9.69 Å². The van der Waals surface area contributed by atoms with Gasteiger partial charge >= 0.3 is 5.97 Å². The molecule has 0 saturated heterocycles. The highest BCUT2D eigenvalue weighted by molar-refractivity contribution is 5.69. The quantitative estimate of drug-likeness (QED) is 0.554. The summed E-state index contributed by atoms with van der Waals surface area (Å²) in [5.74, 6) is -0.326. The normalized spacial score (nSPS) is 11.4. The summed E-state index contributed by atoms with van der Waals surface area (Å²) in [5.41, 5.74) is 0. The number of ether oxygens (including phenoxy) is 2. The minimum absolute atomic E-state index is 0.0829. The third-order valence-corrected chi connectivity index (χ3v) is 2.17. The molecule has 0 aliphatic heterocycles. The van der Waals surface area contributed by atoms with Crippen molar-refractivity contribution in [2.45, 2.75) is 20.3 Å². The fourth-order valence-electron chi connectivity index (χ4n) is 1.54. The van der Waals surface area contributed by atoms with E-state index in [4.69, 9.17) is 14.6 Å². The van der Waals surface area contributed by atoms with Gasteiger partial charge in [0, 0.05) is 33.4 Å². The van der Waals surface area contributed by atoms with Crippen LogP contribution in [-0.2, 0) is 14.3 Å². The third kappa shape index (κ3) is 11.6. The van der Waals surface area contributed by atoms with Gasteiger partial charge in [0.25, 0.3) is 0 Å². The van der Waals surface area contributed by atoms with Gasteiger partial charge in [-0.1, -0.05) is 13.8 Å². The summed E-state index contributed by atoms with van der Waals surface area (Å²) in [6.07, 6.45) is 0.875. The third-order valence-electron chi connectivity index (χ3n) is 2.17. The minimum atomic E-state index is -0.787. The minimum Gasteiger partial charge on any atom is -0.480 e. The molecule has 5 nitrogen and oxygen atoms in total. The van der Waals surface area contributed by atoms with Crippen LogP contribution in [0.2, 0.25) is 0 Å². The van der Waals surface area contributed by atoms with E-state index < -0.39 is 5.97 Å². The molecule has 0 unspecified atom stereocenters. The Hall–Kier alpha value is -0.650. The van der Waals surface area contributed by atoms with Crippen LogP contribution in [0.5, 0.6) is 0 Å². The van der Waals surface area contributed by atoms with E-state index in [0.29, 0.717) is 32.3 Å². The average molecular weight is 247 g/mol. The van der Waals surface area contributed by atoms with Crippen molar-refractivity contribution in [3.63, 3.8) is 0 Å². The van der Waals surface area contributed by atoms with E-state index in [1.54, 1.807) is 7.11 Å². The predicted molar refractivity (Wildman–Crippen MR) is 66.2 cm³/mol. The van der Waals surface area contributed by atoms with Crippen molar-refractivity contribution in [1.82, 2.24) is 4.90 Å². The summed E-state index contributed by atoms with van der Waals surface area (Å²) in [6, 6.07) is 0. The van der Waals surface area contributed by atoms with Crippen molar-refractivity contribution in [2.75, 3.05) is 46.6 Å². The molecule has 0 rings (SSSR count). The van der Waals surface area contributed by atoms with Gasteiger partial charge in [-0.15, -0.1) is 0 Å². The first-order chi connectivity index (χ1) is 8.06. The Morgan fingerprint density at radius 2 is 2.00 bits per heavy atom. The fourth-order valence-corrected chi connectivity index (χ4v) is 1.54. The monoisotopic (exact) mass is 247 g/mol. The summed E-state index contributed by atoms with van der Waals surface area (Å²) in [6.45, 7) is 7.62. The molecule has 0 spiro atoms. The lowest BCUT2D eigenvalue weighted by Gasteiger charge is -2.22. The molecule has 0 aliphatic carbocycles. The Balaban J connectivity index is 3.64. The lowest BCUT2D eigenvalue weighted by Crippen LogP contribution is -2.35. The number of rotatable bonds is 11. The van der Waals surface area contributed by atoms with Crippen LogP contribution in [-0.4, -0.2) is 62.5 Å². The van der Waals surface area contributed by atoms with Crippen LogP contribution in [0.4, 0.5) is 0 Å². The highest BCUT2D eigenvalue weighted by atomic mass is 16.5. The van der Waals surface area contributed by atoms with E-state index in [2.05, 4.69) is 13.8 Å². The Morgan fingerprint density at radius 1 is 1.29 bits per heavy atom. The molecule has 0 radical (unpaired) electrons. The van der Waals surface area contributed by atoms with Crippen molar-refractivity contribution in [1.29, 1.82) is 0 Å². The summed E-state index contributed by atoms with van der Waals surface area (Å²) in [7, 11) is 1.66. The van der Waals surface area contributed by atoms with Crippen LogP contribution in [0.3, 0.4) is 0 Å². The average Bonchev–Trinajstić information content (AvgIpc) is 2.21. The first-order valence-corrected chi connectivity index (χ1v) is 6.07. The van der Waals surface area contributed by atoms with Gasteiger partial charge in [-0.25, -0.2) is 0 Å². The van der Waals surface area contributed by atoms with Crippen molar-refractivity contribution in [3.05, 3.63) is 0 Å². The van der Waals surface area contributed by atoms with E-state index in [9.17, 15) is 4.79 Å². The number of methoxy groups -OCH3 is 1. The summed E-state index contributed by atoms with van der Waals surface area (Å²) in [4.78, 5) is 12.6. The molecule has 102 valence electrons. The van der Waals surface area contributed by atoms with E-state index >= 15 is 0 Å². The van der Waals surface area contributed by atoms with Gasteiger partial charge < -0.3 is 14.6 Å². The highest BCUT2D eigenvalue weighted by Gasteiger charge is 2.10.